The Morgan fingerprint density at radius 3 is 2.47 bits per heavy atom. The molecule has 0 bridgehead atoms. The van der Waals surface area contributed by atoms with Crippen molar-refractivity contribution in [2.24, 2.45) is 5.41 Å². The smallest absolute Gasteiger partial charge is 0.0692 e. The molecule has 1 fully saturated rings. The van der Waals surface area contributed by atoms with Crippen LogP contribution in [0.5, 0.6) is 0 Å². The standard InChI is InChI=1S/C13H25IO/c1-13(2,3)9-6-10-15-12-8-5-4-7-11(12)14/h11-12H,4-10H2,1-3H3. The van der Waals surface area contributed by atoms with Crippen LogP contribution in [-0.2, 0) is 4.74 Å². The third-order valence-corrected chi connectivity index (χ3v) is 4.45. The largest absolute Gasteiger partial charge is 0.377 e. The second kappa shape index (κ2) is 6.43. The van der Waals surface area contributed by atoms with Gasteiger partial charge in [-0.25, -0.2) is 0 Å². The first-order valence-corrected chi connectivity index (χ1v) is 7.49. The summed E-state index contributed by atoms with van der Waals surface area (Å²) in [5.41, 5.74) is 0.458. The topological polar surface area (TPSA) is 9.23 Å². The highest BCUT2D eigenvalue weighted by Gasteiger charge is 2.23. The summed E-state index contributed by atoms with van der Waals surface area (Å²) in [5, 5.41) is 0. The second-order valence-corrected chi connectivity index (χ2v) is 7.47. The Morgan fingerprint density at radius 2 is 1.87 bits per heavy atom. The predicted octanol–water partition coefficient (Wildman–Crippen LogP) is 4.58. The van der Waals surface area contributed by atoms with Crippen LogP contribution in [0.3, 0.4) is 0 Å². The molecule has 0 aliphatic heterocycles. The molecule has 0 aromatic carbocycles. The Balaban J connectivity index is 2.08. The molecule has 15 heavy (non-hydrogen) atoms. The molecule has 90 valence electrons. The normalized spacial score (nSPS) is 28.0. The van der Waals surface area contributed by atoms with E-state index in [2.05, 4.69) is 43.4 Å². The van der Waals surface area contributed by atoms with Gasteiger partial charge in [0, 0.05) is 10.5 Å². The van der Waals surface area contributed by atoms with Crippen LogP contribution < -0.4 is 0 Å². The Hall–Kier alpha value is 0.690. The maximum Gasteiger partial charge on any atom is 0.0692 e. The zero-order valence-electron chi connectivity index (χ0n) is 10.4. The van der Waals surface area contributed by atoms with Gasteiger partial charge in [0.2, 0.25) is 0 Å². The molecule has 1 aliphatic rings. The van der Waals surface area contributed by atoms with E-state index in [1.54, 1.807) is 0 Å². The average Bonchev–Trinajstić information content (AvgIpc) is 2.13. The summed E-state index contributed by atoms with van der Waals surface area (Å²) in [5.74, 6) is 0. The molecule has 0 aromatic rings. The minimum atomic E-state index is 0.458. The van der Waals surface area contributed by atoms with Crippen LogP contribution in [0.15, 0.2) is 0 Å². The molecule has 0 spiro atoms. The molecule has 2 atom stereocenters. The summed E-state index contributed by atoms with van der Waals surface area (Å²) in [6.45, 7) is 7.86. The molecule has 1 aliphatic carbocycles. The molecule has 0 aromatic heterocycles. The highest BCUT2D eigenvalue weighted by molar-refractivity contribution is 14.1. The number of halogens is 1. The fourth-order valence-corrected chi connectivity index (χ4v) is 3.08. The van der Waals surface area contributed by atoms with E-state index in [1.165, 1.54) is 38.5 Å². The monoisotopic (exact) mass is 324 g/mol. The van der Waals surface area contributed by atoms with Gasteiger partial charge in [0.25, 0.3) is 0 Å². The maximum atomic E-state index is 5.98. The SMILES string of the molecule is CC(C)(C)CCCOC1CCCCC1I. The van der Waals surface area contributed by atoms with E-state index in [0.717, 1.165) is 10.5 Å². The highest BCUT2D eigenvalue weighted by Crippen LogP contribution is 2.28. The fourth-order valence-electron chi connectivity index (χ4n) is 2.08. The quantitative estimate of drug-likeness (QED) is 0.418. The Kier molecular flexibility index (Phi) is 5.90. The van der Waals surface area contributed by atoms with Gasteiger partial charge < -0.3 is 4.74 Å². The van der Waals surface area contributed by atoms with Crippen molar-refractivity contribution in [1.29, 1.82) is 0 Å². The van der Waals surface area contributed by atoms with Crippen LogP contribution in [0.1, 0.15) is 59.3 Å². The lowest BCUT2D eigenvalue weighted by Gasteiger charge is -2.28. The first-order chi connectivity index (χ1) is 6.99. The van der Waals surface area contributed by atoms with Gasteiger partial charge in [0.1, 0.15) is 0 Å². The van der Waals surface area contributed by atoms with E-state index in [1.807, 2.05) is 0 Å². The number of ether oxygens (including phenoxy) is 1. The number of alkyl halides is 1. The van der Waals surface area contributed by atoms with Crippen molar-refractivity contribution < 1.29 is 4.74 Å². The van der Waals surface area contributed by atoms with E-state index >= 15 is 0 Å². The number of rotatable bonds is 4. The van der Waals surface area contributed by atoms with E-state index in [9.17, 15) is 0 Å². The van der Waals surface area contributed by atoms with Gasteiger partial charge in [0.15, 0.2) is 0 Å². The van der Waals surface area contributed by atoms with E-state index in [-0.39, 0.29) is 0 Å². The molecular weight excluding hydrogens is 299 g/mol. The summed E-state index contributed by atoms with van der Waals surface area (Å²) in [6.07, 6.45) is 8.42. The Morgan fingerprint density at radius 1 is 1.20 bits per heavy atom. The maximum absolute atomic E-state index is 5.98. The van der Waals surface area contributed by atoms with Crippen molar-refractivity contribution in [3.05, 3.63) is 0 Å². The summed E-state index contributed by atoms with van der Waals surface area (Å²) >= 11 is 2.56. The van der Waals surface area contributed by atoms with Gasteiger partial charge in [-0.15, -0.1) is 0 Å². The molecule has 0 N–H and O–H groups in total. The minimum absolute atomic E-state index is 0.458. The van der Waals surface area contributed by atoms with E-state index in [0.29, 0.717) is 11.5 Å². The van der Waals surface area contributed by atoms with Gasteiger partial charge in [-0.2, -0.15) is 0 Å². The van der Waals surface area contributed by atoms with E-state index in [4.69, 9.17) is 4.74 Å². The lowest BCUT2D eigenvalue weighted by molar-refractivity contribution is 0.0309. The molecule has 0 saturated heterocycles. The van der Waals surface area contributed by atoms with Crippen molar-refractivity contribution in [1.82, 2.24) is 0 Å². The number of hydrogen-bond acceptors (Lipinski definition) is 1. The van der Waals surface area contributed by atoms with Crippen LogP contribution in [0.25, 0.3) is 0 Å². The molecule has 1 nitrogen and oxygen atoms in total. The predicted molar refractivity (Wildman–Crippen MR) is 74.7 cm³/mol. The third-order valence-electron chi connectivity index (χ3n) is 3.02. The highest BCUT2D eigenvalue weighted by atomic mass is 127. The fraction of sp³-hybridized carbons (Fsp3) is 1.00. The van der Waals surface area contributed by atoms with Crippen molar-refractivity contribution in [3.63, 3.8) is 0 Å². The minimum Gasteiger partial charge on any atom is -0.377 e. The first kappa shape index (κ1) is 13.8. The number of hydrogen-bond donors (Lipinski definition) is 0. The Labute approximate surface area is 108 Å². The third kappa shape index (κ3) is 6.10. The molecule has 0 radical (unpaired) electrons. The molecule has 0 heterocycles. The lowest BCUT2D eigenvalue weighted by atomic mass is 9.91. The van der Waals surface area contributed by atoms with Crippen LogP contribution in [0, 0.1) is 5.41 Å². The summed E-state index contributed by atoms with van der Waals surface area (Å²) in [6, 6.07) is 0. The molecule has 2 unspecified atom stereocenters. The van der Waals surface area contributed by atoms with Crippen LogP contribution in [-0.4, -0.2) is 16.6 Å². The van der Waals surface area contributed by atoms with Crippen molar-refractivity contribution in [2.45, 2.75) is 69.3 Å². The van der Waals surface area contributed by atoms with Crippen molar-refractivity contribution in [2.75, 3.05) is 6.61 Å². The van der Waals surface area contributed by atoms with Gasteiger partial charge in [-0.1, -0.05) is 56.2 Å². The van der Waals surface area contributed by atoms with Crippen molar-refractivity contribution in [3.8, 4) is 0 Å². The second-order valence-electron chi connectivity index (χ2n) is 5.87. The molecule has 1 saturated carbocycles. The van der Waals surface area contributed by atoms with Gasteiger partial charge in [-0.05, 0) is 31.1 Å². The Bertz CT molecular complexity index is 174. The molecular formula is C13H25IO. The summed E-state index contributed by atoms with van der Waals surface area (Å²) in [7, 11) is 0. The average molecular weight is 324 g/mol. The zero-order valence-corrected chi connectivity index (χ0v) is 12.5. The molecule has 0 amide bonds. The summed E-state index contributed by atoms with van der Waals surface area (Å²) < 4.78 is 6.74. The van der Waals surface area contributed by atoms with Crippen molar-refractivity contribution >= 4 is 22.6 Å². The van der Waals surface area contributed by atoms with Crippen LogP contribution in [0.4, 0.5) is 0 Å². The van der Waals surface area contributed by atoms with Gasteiger partial charge >= 0.3 is 0 Å². The zero-order chi connectivity index (χ0) is 11.3. The van der Waals surface area contributed by atoms with Crippen LogP contribution >= 0.6 is 22.6 Å². The lowest BCUT2D eigenvalue weighted by Crippen LogP contribution is -2.28. The first-order valence-electron chi connectivity index (χ1n) is 6.25. The van der Waals surface area contributed by atoms with Gasteiger partial charge in [0.05, 0.1) is 6.10 Å². The van der Waals surface area contributed by atoms with Gasteiger partial charge in [-0.3, -0.25) is 0 Å². The molecule has 2 heteroatoms. The molecule has 1 rings (SSSR count). The van der Waals surface area contributed by atoms with Crippen LogP contribution in [0.2, 0.25) is 0 Å². The van der Waals surface area contributed by atoms with E-state index < -0.39 is 0 Å². The summed E-state index contributed by atoms with van der Waals surface area (Å²) in [4.78, 5) is 0.